The summed E-state index contributed by atoms with van der Waals surface area (Å²) in [6, 6.07) is 22.5. The quantitative estimate of drug-likeness (QED) is 0.266. The third kappa shape index (κ3) is 7.84. The van der Waals surface area contributed by atoms with Crippen molar-refractivity contribution in [2.45, 2.75) is 64.1 Å². The first kappa shape index (κ1) is 28.2. The first-order valence-corrected chi connectivity index (χ1v) is 14.4. The van der Waals surface area contributed by atoms with Gasteiger partial charge in [0, 0.05) is 24.0 Å². The number of amides is 2. The van der Waals surface area contributed by atoms with Crippen molar-refractivity contribution in [1.29, 1.82) is 0 Å². The van der Waals surface area contributed by atoms with E-state index in [4.69, 9.17) is 16.3 Å². The van der Waals surface area contributed by atoms with Crippen LogP contribution in [0.25, 0.3) is 0 Å². The molecule has 0 aliphatic heterocycles. The summed E-state index contributed by atoms with van der Waals surface area (Å²) in [6.07, 6.45) is 5.49. The van der Waals surface area contributed by atoms with Crippen LogP contribution in [-0.4, -0.2) is 35.4 Å². The zero-order chi connectivity index (χ0) is 26.9. The van der Waals surface area contributed by atoms with Crippen LogP contribution >= 0.6 is 27.5 Å². The smallest absolute Gasteiger partial charge is 0.261 e. The largest absolute Gasteiger partial charge is 0.483 e. The number of rotatable bonds is 11. The van der Waals surface area contributed by atoms with Crippen molar-refractivity contribution < 1.29 is 14.3 Å². The van der Waals surface area contributed by atoms with Crippen LogP contribution in [0.5, 0.6) is 5.75 Å². The molecule has 1 aliphatic carbocycles. The number of hydrogen-bond acceptors (Lipinski definition) is 3. The first-order valence-electron chi connectivity index (χ1n) is 13.2. The molecule has 1 N–H and O–H groups in total. The van der Waals surface area contributed by atoms with Gasteiger partial charge < -0.3 is 15.0 Å². The monoisotopic (exact) mass is 596 g/mol. The molecule has 1 aliphatic rings. The molecule has 0 saturated heterocycles. The zero-order valence-corrected chi connectivity index (χ0v) is 24.0. The Hall–Kier alpha value is -2.83. The van der Waals surface area contributed by atoms with Gasteiger partial charge in [0.25, 0.3) is 5.91 Å². The number of nitrogens with one attached hydrogen (secondary N) is 1. The summed E-state index contributed by atoms with van der Waals surface area (Å²) in [6.45, 7) is 2.18. The maximum atomic E-state index is 13.8. The summed E-state index contributed by atoms with van der Waals surface area (Å²) < 4.78 is 6.76. The number of carbonyl (C=O) groups excluding carboxylic acids is 2. The van der Waals surface area contributed by atoms with Crippen LogP contribution in [0.2, 0.25) is 5.02 Å². The molecule has 4 rings (SSSR count). The molecule has 3 aromatic rings. The zero-order valence-electron chi connectivity index (χ0n) is 21.7. The molecular formula is C31H34BrClN2O3. The number of halogens is 2. The van der Waals surface area contributed by atoms with Crippen LogP contribution in [0, 0.1) is 0 Å². The van der Waals surface area contributed by atoms with Gasteiger partial charge in [-0.15, -0.1) is 0 Å². The van der Waals surface area contributed by atoms with E-state index in [1.807, 2.05) is 60.7 Å². The number of aryl methyl sites for hydroxylation is 1. The topological polar surface area (TPSA) is 58.6 Å². The Bertz CT molecular complexity index is 1210. The molecule has 200 valence electrons. The van der Waals surface area contributed by atoms with Gasteiger partial charge in [-0.25, -0.2) is 0 Å². The summed E-state index contributed by atoms with van der Waals surface area (Å²) in [5.74, 6) is 0.211. The number of nitrogens with zero attached hydrogens (tertiary/aromatic N) is 1. The summed E-state index contributed by atoms with van der Waals surface area (Å²) in [5, 5.41) is 3.84. The van der Waals surface area contributed by atoms with E-state index in [1.165, 1.54) is 5.56 Å². The fourth-order valence-electron chi connectivity index (χ4n) is 4.81. The number of carbonyl (C=O) groups is 2. The van der Waals surface area contributed by atoms with Gasteiger partial charge in [0.2, 0.25) is 5.91 Å². The number of ether oxygens (including phenoxy) is 1. The van der Waals surface area contributed by atoms with Crippen molar-refractivity contribution in [3.63, 3.8) is 0 Å². The SMILES string of the molecule is CCc1ccc(OCC(=O)N(Cc2ccc(Cl)cc2)[C@H](Cc2ccccc2)C(=O)NC2CCCC2)c(Br)c1. The standard InChI is InChI=1S/C31H34BrClN2O3/c1-2-22-14-17-29(27(32)18-22)38-21-30(36)35(20-24-12-15-25(33)16-13-24)28(19-23-8-4-3-5-9-23)31(37)34-26-10-6-7-11-26/h3-5,8-9,12-18,26,28H,2,6-7,10-11,19-21H2,1H3,(H,34,37)/t28-/m1/s1. The molecular weight excluding hydrogens is 564 g/mol. The Morgan fingerprint density at radius 1 is 1.00 bits per heavy atom. The van der Waals surface area contributed by atoms with Crippen LogP contribution in [0.1, 0.15) is 49.3 Å². The van der Waals surface area contributed by atoms with Crippen LogP contribution in [0.15, 0.2) is 77.3 Å². The van der Waals surface area contributed by atoms with Gasteiger partial charge in [-0.05, 0) is 76.1 Å². The Balaban J connectivity index is 1.60. The third-order valence-electron chi connectivity index (χ3n) is 6.99. The Kier molecular flexibility index (Phi) is 10.2. The van der Waals surface area contributed by atoms with E-state index in [2.05, 4.69) is 28.2 Å². The summed E-state index contributed by atoms with van der Waals surface area (Å²) in [4.78, 5) is 29.1. The highest BCUT2D eigenvalue weighted by molar-refractivity contribution is 9.10. The van der Waals surface area contributed by atoms with Crippen molar-refractivity contribution in [2.75, 3.05) is 6.61 Å². The van der Waals surface area contributed by atoms with E-state index in [-0.39, 0.29) is 31.0 Å². The van der Waals surface area contributed by atoms with Crippen LogP contribution in [-0.2, 0) is 29.0 Å². The fourth-order valence-corrected chi connectivity index (χ4v) is 5.48. The average molecular weight is 598 g/mol. The average Bonchev–Trinajstić information content (AvgIpc) is 3.44. The number of benzene rings is 3. The lowest BCUT2D eigenvalue weighted by atomic mass is 10.0. The Labute approximate surface area is 238 Å². The summed E-state index contributed by atoms with van der Waals surface area (Å²) in [5.41, 5.74) is 3.06. The second kappa shape index (κ2) is 13.8. The van der Waals surface area contributed by atoms with Crippen LogP contribution in [0.4, 0.5) is 0 Å². The Morgan fingerprint density at radius 2 is 1.68 bits per heavy atom. The molecule has 7 heteroatoms. The lowest BCUT2D eigenvalue weighted by Gasteiger charge is -2.32. The highest BCUT2D eigenvalue weighted by Gasteiger charge is 2.32. The second-order valence-electron chi connectivity index (χ2n) is 9.75. The lowest BCUT2D eigenvalue weighted by Crippen LogP contribution is -2.53. The van der Waals surface area contributed by atoms with Crippen LogP contribution < -0.4 is 10.1 Å². The van der Waals surface area contributed by atoms with Gasteiger partial charge in [0.15, 0.2) is 6.61 Å². The Morgan fingerprint density at radius 3 is 2.34 bits per heavy atom. The number of hydrogen-bond donors (Lipinski definition) is 1. The van der Waals surface area contributed by atoms with E-state index in [0.29, 0.717) is 17.2 Å². The molecule has 0 spiro atoms. The first-order chi connectivity index (χ1) is 18.4. The van der Waals surface area contributed by atoms with Gasteiger partial charge in [0.1, 0.15) is 11.8 Å². The molecule has 1 saturated carbocycles. The molecule has 0 radical (unpaired) electrons. The minimum Gasteiger partial charge on any atom is -0.483 e. The molecule has 0 bridgehead atoms. The van der Waals surface area contributed by atoms with Gasteiger partial charge in [-0.2, -0.15) is 0 Å². The molecule has 2 amide bonds. The third-order valence-corrected chi connectivity index (χ3v) is 7.87. The van der Waals surface area contributed by atoms with Crippen molar-refractivity contribution in [1.82, 2.24) is 10.2 Å². The predicted octanol–water partition coefficient (Wildman–Crippen LogP) is 6.74. The van der Waals surface area contributed by atoms with Gasteiger partial charge in [-0.3, -0.25) is 9.59 Å². The molecule has 3 aromatic carbocycles. The molecule has 5 nitrogen and oxygen atoms in total. The van der Waals surface area contributed by atoms with E-state index >= 15 is 0 Å². The van der Waals surface area contributed by atoms with Crippen LogP contribution in [0.3, 0.4) is 0 Å². The van der Waals surface area contributed by atoms with Crippen molar-refractivity contribution in [3.8, 4) is 5.75 Å². The molecule has 0 heterocycles. The maximum absolute atomic E-state index is 13.8. The van der Waals surface area contributed by atoms with E-state index in [9.17, 15) is 9.59 Å². The highest BCUT2D eigenvalue weighted by Crippen LogP contribution is 2.27. The van der Waals surface area contributed by atoms with Gasteiger partial charge in [0.05, 0.1) is 4.47 Å². The van der Waals surface area contributed by atoms with E-state index in [1.54, 1.807) is 17.0 Å². The summed E-state index contributed by atoms with van der Waals surface area (Å²) in [7, 11) is 0. The highest BCUT2D eigenvalue weighted by atomic mass is 79.9. The second-order valence-corrected chi connectivity index (χ2v) is 11.0. The molecule has 1 fully saturated rings. The maximum Gasteiger partial charge on any atom is 0.261 e. The molecule has 38 heavy (non-hydrogen) atoms. The van der Waals surface area contributed by atoms with Gasteiger partial charge in [-0.1, -0.05) is 79.9 Å². The molecule has 1 atom stereocenters. The molecule has 0 aromatic heterocycles. The van der Waals surface area contributed by atoms with E-state index < -0.39 is 6.04 Å². The van der Waals surface area contributed by atoms with Crippen molar-refractivity contribution >= 4 is 39.3 Å². The van der Waals surface area contributed by atoms with Crippen molar-refractivity contribution in [2.24, 2.45) is 0 Å². The predicted molar refractivity (Wildman–Crippen MR) is 155 cm³/mol. The van der Waals surface area contributed by atoms with Gasteiger partial charge >= 0.3 is 0 Å². The molecule has 0 unspecified atom stereocenters. The minimum atomic E-state index is -0.685. The normalized spacial score (nSPS) is 14.2. The minimum absolute atomic E-state index is 0.128. The van der Waals surface area contributed by atoms with Crippen molar-refractivity contribution in [3.05, 3.63) is 99.0 Å². The van der Waals surface area contributed by atoms with E-state index in [0.717, 1.165) is 47.7 Å². The summed E-state index contributed by atoms with van der Waals surface area (Å²) >= 11 is 9.67. The fraction of sp³-hybridized carbons (Fsp3) is 0.355. The lowest BCUT2D eigenvalue weighted by molar-refractivity contribution is -0.143.